The van der Waals surface area contributed by atoms with Gasteiger partial charge in [-0.05, 0) is 62.7 Å². The van der Waals surface area contributed by atoms with Crippen LogP contribution in [0, 0.1) is 0 Å². The van der Waals surface area contributed by atoms with E-state index in [9.17, 15) is 0 Å². The van der Waals surface area contributed by atoms with Gasteiger partial charge in [0.05, 0.1) is 5.41 Å². The first-order valence-corrected chi connectivity index (χ1v) is 14.4. The van der Waals surface area contributed by atoms with E-state index in [1.54, 1.807) is 0 Å². The maximum Gasteiger partial charge on any atom is 0.131 e. The van der Waals surface area contributed by atoms with E-state index in [2.05, 4.69) is 153 Å². The summed E-state index contributed by atoms with van der Waals surface area (Å²) in [7, 11) is 0. The molecule has 0 atom stereocenters. The highest BCUT2D eigenvalue weighted by Crippen LogP contribution is 2.58. The molecule has 0 N–H and O–H groups in total. The van der Waals surface area contributed by atoms with Gasteiger partial charge < -0.3 is 4.74 Å². The molecule has 0 saturated heterocycles. The van der Waals surface area contributed by atoms with Crippen LogP contribution in [0.1, 0.15) is 47.2 Å². The zero-order chi connectivity index (χ0) is 27.6. The molecule has 0 fully saturated rings. The van der Waals surface area contributed by atoms with Crippen molar-refractivity contribution in [2.45, 2.75) is 24.7 Å². The van der Waals surface area contributed by atoms with E-state index in [4.69, 9.17) is 4.74 Å². The van der Waals surface area contributed by atoms with E-state index in [1.165, 1.54) is 55.6 Å². The van der Waals surface area contributed by atoms with Crippen molar-refractivity contribution in [2.75, 3.05) is 0 Å². The minimum Gasteiger partial charge on any atom is -0.457 e. The van der Waals surface area contributed by atoms with Crippen LogP contribution in [0.3, 0.4) is 0 Å². The first kappa shape index (κ1) is 24.0. The lowest BCUT2D eigenvalue weighted by Crippen LogP contribution is -2.28. The number of rotatable bonds is 3. The van der Waals surface area contributed by atoms with E-state index >= 15 is 0 Å². The summed E-state index contributed by atoms with van der Waals surface area (Å²) in [5, 5.41) is 0. The number of hydrogen-bond donors (Lipinski definition) is 0. The smallest absolute Gasteiger partial charge is 0.131 e. The van der Waals surface area contributed by atoms with Crippen LogP contribution in [0.2, 0.25) is 0 Å². The van der Waals surface area contributed by atoms with Crippen LogP contribution >= 0.6 is 0 Å². The normalized spacial score (nSPS) is 15.2. The molecule has 2 aliphatic rings. The monoisotopic (exact) mass is 526 g/mol. The predicted molar refractivity (Wildman–Crippen MR) is 168 cm³/mol. The Balaban J connectivity index is 1.41. The number of para-hydroxylation sites is 1. The highest BCUT2D eigenvalue weighted by Gasteiger charge is 2.46. The molecular weight excluding hydrogens is 496 g/mol. The Morgan fingerprint density at radius 2 is 1.00 bits per heavy atom. The summed E-state index contributed by atoms with van der Waals surface area (Å²) in [5.41, 5.74) is 12.2. The Labute approximate surface area is 241 Å². The summed E-state index contributed by atoms with van der Waals surface area (Å²) < 4.78 is 6.40. The van der Waals surface area contributed by atoms with Gasteiger partial charge in [0.15, 0.2) is 0 Å². The van der Waals surface area contributed by atoms with Crippen LogP contribution in [0.15, 0.2) is 146 Å². The lowest BCUT2D eigenvalue weighted by Gasteiger charge is -2.35. The van der Waals surface area contributed by atoms with Gasteiger partial charge in [-0.25, -0.2) is 0 Å². The van der Waals surface area contributed by atoms with Crippen molar-refractivity contribution in [1.82, 2.24) is 0 Å². The molecule has 41 heavy (non-hydrogen) atoms. The second kappa shape index (κ2) is 8.81. The molecule has 0 amide bonds. The van der Waals surface area contributed by atoms with Gasteiger partial charge in [0, 0.05) is 16.5 Å². The minimum absolute atomic E-state index is 0.173. The molecule has 0 radical (unpaired) electrons. The molecule has 0 saturated carbocycles. The highest BCUT2D eigenvalue weighted by molar-refractivity contribution is 5.95. The van der Waals surface area contributed by atoms with Gasteiger partial charge >= 0.3 is 0 Å². The van der Waals surface area contributed by atoms with E-state index < -0.39 is 5.41 Å². The van der Waals surface area contributed by atoms with Crippen molar-refractivity contribution in [2.24, 2.45) is 0 Å². The van der Waals surface area contributed by atoms with Crippen LogP contribution in [-0.4, -0.2) is 0 Å². The maximum atomic E-state index is 6.40. The van der Waals surface area contributed by atoms with Gasteiger partial charge in [-0.3, -0.25) is 0 Å². The summed E-state index contributed by atoms with van der Waals surface area (Å²) in [6.07, 6.45) is 0. The quantitative estimate of drug-likeness (QED) is 0.223. The molecule has 0 unspecified atom stereocenters. The van der Waals surface area contributed by atoms with Gasteiger partial charge in [-0.15, -0.1) is 0 Å². The zero-order valence-corrected chi connectivity index (χ0v) is 23.3. The average molecular weight is 527 g/mol. The SMILES string of the molecule is CC1(C)c2ccccc2Oc2ccc(-c3cccc4c3-c3ccccc3C4(c3ccccc3)c3ccccc3)cc21. The molecule has 1 aliphatic carbocycles. The number of fused-ring (bicyclic) bond motifs is 5. The molecule has 0 aromatic heterocycles. The van der Waals surface area contributed by atoms with Gasteiger partial charge in [-0.2, -0.15) is 0 Å². The fourth-order valence-corrected chi connectivity index (χ4v) is 7.34. The largest absolute Gasteiger partial charge is 0.457 e. The lowest BCUT2D eigenvalue weighted by atomic mass is 9.67. The standard InChI is InChI=1S/C40H30O/c1-39(2)33-21-11-12-23-36(33)41-37-25-24-27(26-35(37)39)30-19-13-22-34-38(30)31-18-9-10-20-32(31)40(34,28-14-5-3-6-15-28)29-16-7-4-8-17-29/h3-26H,1-2H3. The Morgan fingerprint density at radius 3 is 1.73 bits per heavy atom. The van der Waals surface area contributed by atoms with Crippen LogP contribution < -0.4 is 4.74 Å². The molecule has 1 nitrogen and oxygen atoms in total. The number of benzene rings is 6. The van der Waals surface area contributed by atoms with E-state index in [0.29, 0.717) is 0 Å². The number of ether oxygens (including phenoxy) is 1. The summed E-state index contributed by atoms with van der Waals surface area (Å²) in [6.45, 7) is 4.61. The second-order valence-corrected chi connectivity index (χ2v) is 11.7. The summed E-state index contributed by atoms with van der Waals surface area (Å²) in [6, 6.07) is 53.0. The van der Waals surface area contributed by atoms with Crippen LogP contribution in [-0.2, 0) is 10.8 Å². The molecular formula is C40H30O. The van der Waals surface area contributed by atoms with Gasteiger partial charge in [0.1, 0.15) is 11.5 Å². The Morgan fingerprint density at radius 1 is 0.439 bits per heavy atom. The third kappa shape index (κ3) is 3.30. The molecule has 0 spiro atoms. The third-order valence-electron chi connectivity index (χ3n) is 9.23. The second-order valence-electron chi connectivity index (χ2n) is 11.7. The zero-order valence-electron chi connectivity index (χ0n) is 23.3. The molecule has 0 bridgehead atoms. The average Bonchev–Trinajstić information content (AvgIpc) is 3.33. The first-order chi connectivity index (χ1) is 20.1. The fraction of sp³-hybridized carbons (Fsp3) is 0.100. The summed E-state index contributed by atoms with van der Waals surface area (Å²) in [4.78, 5) is 0. The van der Waals surface area contributed by atoms with Crippen LogP contribution in [0.25, 0.3) is 22.3 Å². The van der Waals surface area contributed by atoms with E-state index in [-0.39, 0.29) is 5.41 Å². The van der Waals surface area contributed by atoms with Crippen LogP contribution in [0.5, 0.6) is 11.5 Å². The summed E-state index contributed by atoms with van der Waals surface area (Å²) >= 11 is 0. The van der Waals surface area contributed by atoms with Crippen molar-refractivity contribution in [1.29, 1.82) is 0 Å². The molecule has 8 rings (SSSR count). The first-order valence-electron chi connectivity index (χ1n) is 14.4. The van der Waals surface area contributed by atoms with Gasteiger partial charge in [0.2, 0.25) is 0 Å². The van der Waals surface area contributed by atoms with Crippen molar-refractivity contribution >= 4 is 0 Å². The van der Waals surface area contributed by atoms with Crippen molar-refractivity contribution in [3.63, 3.8) is 0 Å². The molecule has 196 valence electrons. The third-order valence-corrected chi connectivity index (χ3v) is 9.23. The minimum atomic E-state index is -0.403. The molecule has 6 aromatic rings. The molecule has 6 aromatic carbocycles. The van der Waals surface area contributed by atoms with Crippen LogP contribution in [0.4, 0.5) is 0 Å². The molecule has 1 aliphatic heterocycles. The fourth-order valence-electron chi connectivity index (χ4n) is 7.34. The number of hydrogen-bond acceptors (Lipinski definition) is 1. The van der Waals surface area contributed by atoms with E-state index in [1.807, 2.05) is 6.07 Å². The van der Waals surface area contributed by atoms with Crippen molar-refractivity contribution in [3.8, 4) is 33.8 Å². The lowest BCUT2D eigenvalue weighted by molar-refractivity contribution is 0.418. The van der Waals surface area contributed by atoms with Gasteiger partial charge in [0.25, 0.3) is 0 Å². The topological polar surface area (TPSA) is 9.23 Å². The highest BCUT2D eigenvalue weighted by atomic mass is 16.5. The van der Waals surface area contributed by atoms with Gasteiger partial charge in [-0.1, -0.05) is 141 Å². The molecule has 1 heteroatoms. The predicted octanol–water partition coefficient (Wildman–Crippen LogP) is 10.1. The molecule has 1 heterocycles. The van der Waals surface area contributed by atoms with Crippen molar-refractivity contribution < 1.29 is 4.74 Å². The Bertz CT molecular complexity index is 1890. The summed E-state index contributed by atoms with van der Waals surface area (Å²) in [5.74, 6) is 1.89. The maximum absolute atomic E-state index is 6.40. The van der Waals surface area contributed by atoms with Crippen molar-refractivity contribution in [3.05, 3.63) is 179 Å². The van der Waals surface area contributed by atoms with E-state index in [0.717, 1.165) is 11.5 Å². The Hall–Kier alpha value is -4.88. The Kier molecular flexibility index (Phi) is 5.15.